The molecule has 0 radical (unpaired) electrons. The van der Waals surface area contributed by atoms with E-state index in [9.17, 15) is 4.79 Å². The van der Waals surface area contributed by atoms with Gasteiger partial charge >= 0.3 is 0 Å². The fraction of sp³-hybridized carbons (Fsp3) is 0. The van der Waals surface area contributed by atoms with Gasteiger partial charge in [-0.05, 0) is 59.0 Å². The minimum absolute atomic E-state index is 0.171. The lowest BCUT2D eigenvalue weighted by molar-refractivity contribution is 0.102. The number of aromatic nitrogens is 3. The van der Waals surface area contributed by atoms with Crippen LogP contribution in [0, 0.1) is 3.57 Å². The molecule has 0 unspecified atom stereocenters. The highest BCUT2D eigenvalue weighted by Gasteiger charge is 2.11. The number of nitrogens with zero attached hydrogens (tertiary/aromatic N) is 3. The number of carbonyl (C=O) groups excluding carboxylic acids is 1. The first kappa shape index (κ1) is 17.0. The van der Waals surface area contributed by atoms with E-state index in [0.717, 1.165) is 14.8 Å². The zero-order chi connectivity index (χ0) is 18.1. The Labute approximate surface area is 168 Å². The molecular formula is C19H12ClIN4O. The monoisotopic (exact) mass is 474 g/mol. The summed E-state index contributed by atoms with van der Waals surface area (Å²) >= 11 is 8.04. The second-order valence-corrected chi connectivity index (χ2v) is 7.21. The molecule has 5 nitrogen and oxygen atoms in total. The van der Waals surface area contributed by atoms with Crippen LogP contribution in [0.2, 0.25) is 5.02 Å². The SMILES string of the molecule is O=C(Nc1ccc(-c2cn3cccnc3n2)cc1)c1ccc(Cl)cc1I. The fourth-order valence-electron chi connectivity index (χ4n) is 2.57. The van der Waals surface area contributed by atoms with Crippen LogP contribution in [0.4, 0.5) is 5.69 Å². The highest BCUT2D eigenvalue weighted by atomic mass is 127. The molecule has 1 amide bonds. The van der Waals surface area contributed by atoms with Gasteiger partial charge in [-0.1, -0.05) is 23.7 Å². The molecular weight excluding hydrogens is 463 g/mol. The van der Waals surface area contributed by atoms with Gasteiger partial charge in [0.1, 0.15) is 0 Å². The zero-order valence-electron chi connectivity index (χ0n) is 13.4. The lowest BCUT2D eigenvalue weighted by atomic mass is 10.1. The topological polar surface area (TPSA) is 59.3 Å². The van der Waals surface area contributed by atoms with Crippen molar-refractivity contribution < 1.29 is 4.79 Å². The van der Waals surface area contributed by atoms with Crippen LogP contribution >= 0.6 is 34.2 Å². The van der Waals surface area contributed by atoms with Crippen molar-refractivity contribution in [3.05, 3.63) is 81.3 Å². The molecule has 1 N–H and O–H groups in total. The van der Waals surface area contributed by atoms with Crippen molar-refractivity contribution in [1.82, 2.24) is 14.4 Å². The smallest absolute Gasteiger partial charge is 0.256 e. The predicted octanol–water partition coefficient (Wildman–Crippen LogP) is 4.91. The summed E-state index contributed by atoms with van der Waals surface area (Å²) in [6.45, 7) is 0. The van der Waals surface area contributed by atoms with Crippen molar-refractivity contribution in [2.45, 2.75) is 0 Å². The normalized spacial score (nSPS) is 10.8. The average Bonchev–Trinajstić information content (AvgIpc) is 3.06. The molecule has 0 fully saturated rings. The highest BCUT2D eigenvalue weighted by molar-refractivity contribution is 14.1. The number of hydrogen-bond donors (Lipinski definition) is 1. The Morgan fingerprint density at radius 3 is 2.69 bits per heavy atom. The first-order chi connectivity index (χ1) is 12.6. The molecule has 2 heterocycles. The van der Waals surface area contributed by atoms with Gasteiger partial charge in [-0.15, -0.1) is 0 Å². The van der Waals surface area contributed by atoms with Gasteiger partial charge in [-0.25, -0.2) is 9.97 Å². The summed E-state index contributed by atoms with van der Waals surface area (Å²) in [5.41, 5.74) is 3.08. The Kier molecular flexibility index (Phi) is 4.60. The van der Waals surface area contributed by atoms with Crippen LogP contribution in [-0.2, 0) is 0 Å². The Morgan fingerprint density at radius 1 is 1.15 bits per heavy atom. The summed E-state index contributed by atoms with van der Waals surface area (Å²) in [5, 5.41) is 3.51. The van der Waals surface area contributed by atoms with Gasteiger partial charge in [0.05, 0.1) is 11.3 Å². The standard InChI is InChI=1S/C19H12ClIN4O/c20-13-4-7-15(16(21)10-13)18(26)23-14-5-2-12(3-6-14)17-11-25-9-1-8-22-19(25)24-17/h1-11H,(H,23,26). The molecule has 0 atom stereocenters. The van der Waals surface area contributed by atoms with Gasteiger partial charge in [-0.3, -0.25) is 9.20 Å². The van der Waals surface area contributed by atoms with Crippen molar-refractivity contribution in [3.63, 3.8) is 0 Å². The number of rotatable bonds is 3. The minimum atomic E-state index is -0.171. The maximum Gasteiger partial charge on any atom is 0.256 e. The molecule has 0 aliphatic carbocycles. The molecule has 0 saturated heterocycles. The van der Waals surface area contributed by atoms with Crippen LogP contribution in [0.3, 0.4) is 0 Å². The number of nitrogens with one attached hydrogen (secondary N) is 1. The lowest BCUT2D eigenvalue weighted by Crippen LogP contribution is -2.13. The van der Waals surface area contributed by atoms with Crippen LogP contribution in [-0.4, -0.2) is 20.3 Å². The van der Waals surface area contributed by atoms with Gasteiger partial charge in [0, 0.05) is 38.4 Å². The Balaban J connectivity index is 1.55. The third kappa shape index (κ3) is 3.42. The van der Waals surface area contributed by atoms with E-state index in [1.165, 1.54) is 0 Å². The summed E-state index contributed by atoms with van der Waals surface area (Å²) < 4.78 is 2.68. The molecule has 0 aliphatic rings. The third-order valence-corrected chi connectivity index (χ3v) is 4.98. The van der Waals surface area contributed by atoms with Gasteiger partial charge < -0.3 is 5.32 Å². The van der Waals surface area contributed by atoms with Crippen LogP contribution in [0.25, 0.3) is 17.0 Å². The van der Waals surface area contributed by atoms with Crippen molar-refractivity contribution in [3.8, 4) is 11.3 Å². The van der Waals surface area contributed by atoms with Crippen molar-refractivity contribution in [2.75, 3.05) is 5.32 Å². The Bertz CT molecular complexity index is 1080. The number of benzene rings is 2. The molecule has 0 spiro atoms. The fourth-order valence-corrected chi connectivity index (χ4v) is 3.68. The van der Waals surface area contributed by atoms with Gasteiger partial charge in [-0.2, -0.15) is 0 Å². The second-order valence-electron chi connectivity index (χ2n) is 5.61. The zero-order valence-corrected chi connectivity index (χ0v) is 16.3. The highest BCUT2D eigenvalue weighted by Crippen LogP contribution is 2.22. The van der Waals surface area contributed by atoms with Crippen molar-refractivity contribution in [1.29, 1.82) is 0 Å². The molecule has 0 aliphatic heterocycles. The number of halogens is 2. The number of amides is 1. The Hall–Kier alpha value is -2.45. The van der Waals surface area contributed by atoms with Crippen LogP contribution in [0.5, 0.6) is 0 Å². The number of imidazole rings is 1. The molecule has 26 heavy (non-hydrogen) atoms. The van der Waals surface area contributed by atoms with E-state index in [2.05, 4.69) is 37.9 Å². The number of carbonyl (C=O) groups is 1. The molecule has 2 aromatic heterocycles. The molecule has 2 aromatic carbocycles. The van der Waals surface area contributed by atoms with E-state index in [4.69, 9.17) is 11.6 Å². The number of hydrogen-bond acceptors (Lipinski definition) is 3. The van der Waals surface area contributed by atoms with Gasteiger partial charge in [0.2, 0.25) is 5.78 Å². The van der Waals surface area contributed by atoms with E-state index in [-0.39, 0.29) is 5.91 Å². The average molecular weight is 475 g/mol. The van der Waals surface area contributed by atoms with E-state index >= 15 is 0 Å². The van der Waals surface area contributed by atoms with Crippen LogP contribution in [0.15, 0.2) is 67.1 Å². The first-order valence-corrected chi connectivity index (χ1v) is 9.22. The number of fused-ring (bicyclic) bond motifs is 1. The maximum absolute atomic E-state index is 12.4. The maximum atomic E-state index is 12.4. The van der Waals surface area contributed by atoms with E-state index in [0.29, 0.717) is 22.1 Å². The molecule has 7 heteroatoms. The number of anilines is 1. The third-order valence-electron chi connectivity index (χ3n) is 3.85. The summed E-state index contributed by atoms with van der Waals surface area (Å²) in [6, 6.07) is 14.6. The van der Waals surface area contributed by atoms with E-state index in [1.807, 2.05) is 47.1 Å². The minimum Gasteiger partial charge on any atom is -0.322 e. The van der Waals surface area contributed by atoms with Gasteiger partial charge in [0.15, 0.2) is 0 Å². The largest absolute Gasteiger partial charge is 0.322 e. The summed E-state index contributed by atoms with van der Waals surface area (Å²) in [4.78, 5) is 21.1. The lowest BCUT2D eigenvalue weighted by Gasteiger charge is -2.08. The summed E-state index contributed by atoms with van der Waals surface area (Å²) in [6.07, 6.45) is 5.54. The van der Waals surface area contributed by atoms with Crippen molar-refractivity contribution >= 4 is 51.6 Å². The Morgan fingerprint density at radius 2 is 1.96 bits per heavy atom. The molecule has 4 rings (SSSR count). The second kappa shape index (κ2) is 7.05. The van der Waals surface area contributed by atoms with Crippen LogP contribution in [0.1, 0.15) is 10.4 Å². The van der Waals surface area contributed by atoms with Gasteiger partial charge in [0.25, 0.3) is 5.91 Å². The van der Waals surface area contributed by atoms with Crippen molar-refractivity contribution in [2.24, 2.45) is 0 Å². The van der Waals surface area contributed by atoms with E-state index in [1.54, 1.807) is 24.4 Å². The molecule has 128 valence electrons. The predicted molar refractivity (Wildman–Crippen MR) is 111 cm³/mol. The summed E-state index contributed by atoms with van der Waals surface area (Å²) in [7, 11) is 0. The van der Waals surface area contributed by atoms with Crippen LogP contribution < -0.4 is 5.32 Å². The molecule has 0 saturated carbocycles. The first-order valence-electron chi connectivity index (χ1n) is 7.77. The molecule has 4 aromatic rings. The summed E-state index contributed by atoms with van der Waals surface area (Å²) in [5.74, 6) is 0.480. The quantitative estimate of drug-likeness (QED) is 0.429. The molecule has 0 bridgehead atoms. The van der Waals surface area contributed by atoms with E-state index < -0.39 is 0 Å².